The molecule has 1 aromatic carbocycles. The Morgan fingerprint density at radius 2 is 2.04 bits per heavy atom. The van der Waals surface area contributed by atoms with Gasteiger partial charge in [-0.1, -0.05) is 11.3 Å². The minimum atomic E-state index is -0.0628. The number of ether oxygens (including phenoxy) is 1. The lowest BCUT2D eigenvalue weighted by atomic mass is 10.3. The maximum absolute atomic E-state index is 13.4. The van der Waals surface area contributed by atoms with E-state index in [1.807, 2.05) is 52.2 Å². The average Bonchev–Trinajstić information content (AvgIpc) is 3.26. The summed E-state index contributed by atoms with van der Waals surface area (Å²) in [7, 11) is 5.71. The molecule has 7 nitrogen and oxygen atoms in total. The summed E-state index contributed by atoms with van der Waals surface area (Å²) in [5, 5.41) is 5.13. The van der Waals surface area contributed by atoms with Crippen LogP contribution >= 0.6 is 11.3 Å². The fourth-order valence-corrected chi connectivity index (χ4v) is 4.08. The normalized spacial score (nSPS) is 11.4. The van der Waals surface area contributed by atoms with Crippen molar-refractivity contribution in [2.24, 2.45) is 0 Å². The van der Waals surface area contributed by atoms with Crippen LogP contribution in [0.15, 0.2) is 24.3 Å². The van der Waals surface area contributed by atoms with Crippen molar-refractivity contribution in [1.29, 1.82) is 0 Å². The predicted octanol–water partition coefficient (Wildman–Crippen LogP) is 3.43. The third kappa shape index (κ3) is 4.34. The van der Waals surface area contributed by atoms with Crippen molar-refractivity contribution in [3.63, 3.8) is 0 Å². The molecule has 0 spiro atoms. The molecular weight excluding hydrogens is 374 g/mol. The van der Waals surface area contributed by atoms with Gasteiger partial charge in [-0.2, -0.15) is 5.10 Å². The topological polar surface area (TPSA) is 63.5 Å². The Hall–Kier alpha value is -2.45. The molecule has 0 aliphatic carbocycles. The van der Waals surface area contributed by atoms with Crippen molar-refractivity contribution in [3.8, 4) is 5.75 Å². The molecule has 1 amide bonds. The third-order valence-electron chi connectivity index (χ3n) is 4.47. The second-order valence-corrected chi connectivity index (χ2v) is 7.94. The van der Waals surface area contributed by atoms with E-state index in [1.54, 1.807) is 16.7 Å². The van der Waals surface area contributed by atoms with Crippen LogP contribution in [0.2, 0.25) is 0 Å². The van der Waals surface area contributed by atoms with Crippen LogP contribution in [0.1, 0.15) is 29.5 Å². The minimum absolute atomic E-state index is 0.0628. The molecule has 2 heterocycles. The van der Waals surface area contributed by atoms with Gasteiger partial charge < -0.3 is 9.64 Å². The van der Waals surface area contributed by atoms with E-state index in [1.165, 1.54) is 11.3 Å². The van der Waals surface area contributed by atoms with Gasteiger partial charge in [0.15, 0.2) is 5.13 Å². The van der Waals surface area contributed by atoms with Gasteiger partial charge in [-0.25, -0.2) is 4.98 Å². The highest BCUT2D eigenvalue weighted by Crippen LogP contribution is 2.32. The summed E-state index contributed by atoms with van der Waals surface area (Å²) in [6.07, 6.45) is 0.858. The maximum Gasteiger partial charge on any atom is 0.278 e. The van der Waals surface area contributed by atoms with Gasteiger partial charge in [0.25, 0.3) is 5.91 Å². The number of aryl methyl sites for hydroxylation is 2. The zero-order valence-corrected chi connectivity index (χ0v) is 17.9. The van der Waals surface area contributed by atoms with E-state index in [0.29, 0.717) is 23.9 Å². The molecule has 3 rings (SSSR count). The molecule has 0 fully saturated rings. The highest BCUT2D eigenvalue weighted by Gasteiger charge is 2.24. The van der Waals surface area contributed by atoms with E-state index < -0.39 is 0 Å². The van der Waals surface area contributed by atoms with Crippen LogP contribution in [0.4, 0.5) is 5.13 Å². The fourth-order valence-electron chi connectivity index (χ4n) is 3.06. The highest BCUT2D eigenvalue weighted by atomic mass is 32.1. The number of aromatic nitrogens is 3. The summed E-state index contributed by atoms with van der Waals surface area (Å²) in [6, 6.07) is 7.62. The Bertz CT molecular complexity index is 963. The molecule has 3 aromatic rings. The first-order chi connectivity index (χ1) is 13.4. The van der Waals surface area contributed by atoms with E-state index in [9.17, 15) is 4.79 Å². The predicted molar refractivity (Wildman–Crippen MR) is 114 cm³/mol. The Kier molecular flexibility index (Phi) is 6.31. The summed E-state index contributed by atoms with van der Waals surface area (Å²) < 4.78 is 8.07. The Morgan fingerprint density at radius 3 is 2.71 bits per heavy atom. The molecule has 28 heavy (non-hydrogen) atoms. The Morgan fingerprint density at radius 1 is 1.25 bits per heavy atom. The molecular formula is C20H27N5O2S. The molecule has 0 aliphatic heterocycles. The first-order valence-electron chi connectivity index (χ1n) is 9.38. The van der Waals surface area contributed by atoms with E-state index in [4.69, 9.17) is 9.72 Å². The number of methoxy groups -OCH3 is 1. The Labute approximate surface area is 169 Å². The van der Waals surface area contributed by atoms with E-state index in [0.717, 1.165) is 34.6 Å². The third-order valence-corrected chi connectivity index (χ3v) is 5.51. The molecule has 0 saturated heterocycles. The summed E-state index contributed by atoms with van der Waals surface area (Å²) in [6.45, 7) is 6.04. The van der Waals surface area contributed by atoms with Crippen LogP contribution in [0, 0.1) is 6.92 Å². The van der Waals surface area contributed by atoms with Crippen LogP contribution < -0.4 is 9.64 Å². The second kappa shape index (κ2) is 8.70. The summed E-state index contributed by atoms with van der Waals surface area (Å²) in [5.41, 5.74) is 2.31. The molecule has 0 N–H and O–H groups in total. The van der Waals surface area contributed by atoms with E-state index in [-0.39, 0.29) is 5.91 Å². The van der Waals surface area contributed by atoms with E-state index in [2.05, 4.69) is 10.00 Å². The first-order valence-corrected chi connectivity index (χ1v) is 10.2. The summed E-state index contributed by atoms with van der Waals surface area (Å²) in [4.78, 5) is 22.0. The number of hydrogen-bond acceptors (Lipinski definition) is 6. The molecule has 8 heteroatoms. The van der Waals surface area contributed by atoms with Gasteiger partial charge in [-0.15, -0.1) is 0 Å². The molecule has 0 atom stereocenters. The lowest BCUT2D eigenvalue weighted by Crippen LogP contribution is -2.34. The van der Waals surface area contributed by atoms with Crippen molar-refractivity contribution in [3.05, 3.63) is 35.7 Å². The van der Waals surface area contributed by atoms with Crippen molar-refractivity contribution >= 4 is 32.6 Å². The number of rotatable bonds is 8. The number of fused-ring (bicyclic) bond motifs is 1. The molecule has 150 valence electrons. The van der Waals surface area contributed by atoms with E-state index >= 15 is 0 Å². The van der Waals surface area contributed by atoms with Crippen LogP contribution in [0.25, 0.3) is 10.2 Å². The monoisotopic (exact) mass is 401 g/mol. The number of hydrogen-bond donors (Lipinski definition) is 0. The van der Waals surface area contributed by atoms with Gasteiger partial charge >= 0.3 is 0 Å². The first kappa shape index (κ1) is 20.3. The highest BCUT2D eigenvalue weighted by molar-refractivity contribution is 7.22. The molecule has 2 aromatic heterocycles. The lowest BCUT2D eigenvalue weighted by molar-refractivity contribution is 0.0975. The van der Waals surface area contributed by atoms with Crippen LogP contribution in [-0.4, -0.2) is 59.9 Å². The van der Waals surface area contributed by atoms with Gasteiger partial charge in [0, 0.05) is 13.1 Å². The van der Waals surface area contributed by atoms with Gasteiger partial charge in [-0.05, 0) is 65.2 Å². The molecule has 0 bridgehead atoms. The van der Waals surface area contributed by atoms with Gasteiger partial charge in [0.1, 0.15) is 11.4 Å². The summed E-state index contributed by atoms with van der Waals surface area (Å²) in [5.74, 6) is 0.722. The van der Waals surface area contributed by atoms with Crippen LogP contribution in [-0.2, 0) is 6.54 Å². The smallest absolute Gasteiger partial charge is 0.278 e. The average molecular weight is 402 g/mol. The number of anilines is 1. The second-order valence-electron chi connectivity index (χ2n) is 6.93. The van der Waals surface area contributed by atoms with Crippen molar-refractivity contribution in [2.45, 2.75) is 26.8 Å². The number of nitrogens with zero attached hydrogens (tertiary/aromatic N) is 5. The summed E-state index contributed by atoms with van der Waals surface area (Å²) >= 11 is 1.51. The number of benzene rings is 1. The van der Waals surface area contributed by atoms with Gasteiger partial charge in [-0.3, -0.25) is 14.4 Å². The quantitative estimate of drug-likeness (QED) is 0.579. The van der Waals surface area contributed by atoms with Crippen LogP contribution in [0.5, 0.6) is 5.75 Å². The zero-order valence-electron chi connectivity index (χ0n) is 17.1. The van der Waals surface area contributed by atoms with Crippen LogP contribution in [0.3, 0.4) is 0 Å². The zero-order chi connectivity index (χ0) is 20.3. The lowest BCUT2D eigenvalue weighted by Gasteiger charge is -2.21. The maximum atomic E-state index is 13.4. The number of carbonyl (C=O) groups excluding carboxylic acids is 1. The number of carbonyl (C=O) groups is 1. The Balaban J connectivity index is 1.97. The minimum Gasteiger partial charge on any atom is -0.497 e. The standard InChI is InChI=1S/C20H27N5O2S/c1-6-25-17(12-14(2)22-25)19(26)24(11-7-10-23(3)4)20-21-16-9-8-15(27-5)13-18(16)28-20/h8-9,12-13H,6-7,10-11H2,1-5H3. The van der Waals surface area contributed by atoms with Crippen molar-refractivity contribution < 1.29 is 9.53 Å². The number of thiazole rings is 1. The van der Waals surface area contributed by atoms with Crippen molar-refractivity contribution in [1.82, 2.24) is 19.7 Å². The molecule has 0 aliphatic rings. The SMILES string of the molecule is CCn1nc(C)cc1C(=O)N(CCCN(C)C)c1nc2ccc(OC)cc2s1. The molecule has 0 unspecified atom stereocenters. The number of amides is 1. The molecule has 0 radical (unpaired) electrons. The van der Waals surface area contributed by atoms with Crippen molar-refractivity contribution in [2.75, 3.05) is 39.2 Å². The largest absolute Gasteiger partial charge is 0.497 e. The molecule has 0 saturated carbocycles. The fraction of sp³-hybridized carbons (Fsp3) is 0.450. The van der Waals surface area contributed by atoms with Gasteiger partial charge in [0.2, 0.25) is 0 Å². The van der Waals surface area contributed by atoms with Gasteiger partial charge in [0.05, 0.1) is 23.0 Å².